The molecule has 0 atom stereocenters. The second kappa shape index (κ2) is 7.98. The molecular weight excluding hydrogens is 398 g/mol. The zero-order valence-corrected chi connectivity index (χ0v) is 17.7. The second-order valence-corrected chi connectivity index (χ2v) is 10.1. The highest BCUT2D eigenvalue weighted by molar-refractivity contribution is 7.15. The van der Waals surface area contributed by atoms with Gasteiger partial charge in [0.05, 0.1) is 0 Å². The molecule has 0 aliphatic heterocycles. The van der Waals surface area contributed by atoms with E-state index in [0.717, 1.165) is 22.8 Å². The molecule has 1 heterocycles. The summed E-state index contributed by atoms with van der Waals surface area (Å²) in [7, 11) is 0. The normalized spacial score (nSPS) is 28.9. The summed E-state index contributed by atoms with van der Waals surface area (Å²) in [5.41, 5.74) is 0.914. The van der Waals surface area contributed by atoms with E-state index < -0.39 is 0 Å². The molecule has 2 aromatic rings. The topological polar surface area (TPSA) is 96.0 Å². The first kappa shape index (κ1) is 19.5. The minimum absolute atomic E-state index is 0.164. The summed E-state index contributed by atoms with van der Waals surface area (Å²) in [6.07, 6.45) is 8.09. The first-order chi connectivity index (χ1) is 14.6. The molecule has 0 radical (unpaired) electrons. The molecule has 4 bridgehead atoms. The molecule has 0 spiro atoms. The number of carbonyl (C=O) groups excluding carboxylic acids is 2. The number of urea groups is 1. The molecule has 6 rings (SSSR count). The largest absolute Gasteiger partial charge is 0.337 e. The van der Waals surface area contributed by atoms with Crippen molar-refractivity contribution in [2.24, 2.45) is 17.8 Å². The molecule has 4 aliphatic carbocycles. The Balaban J connectivity index is 1.11. The summed E-state index contributed by atoms with van der Waals surface area (Å²) in [5.74, 6) is 2.40. The van der Waals surface area contributed by atoms with Crippen LogP contribution < -0.4 is 16.0 Å². The van der Waals surface area contributed by atoms with Gasteiger partial charge in [-0.3, -0.25) is 4.79 Å². The number of rotatable bonds is 6. The number of benzene rings is 1. The molecule has 1 aromatic heterocycles. The van der Waals surface area contributed by atoms with Gasteiger partial charge in [-0.05, 0) is 68.4 Å². The summed E-state index contributed by atoms with van der Waals surface area (Å²) < 4.78 is 0. The third kappa shape index (κ3) is 4.05. The van der Waals surface area contributed by atoms with E-state index >= 15 is 0 Å². The van der Waals surface area contributed by atoms with Crippen LogP contribution in [0.2, 0.25) is 0 Å². The van der Waals surface area contributed by atoms with Gasteiger partial charge in [-0.25, -0.2) is 4.79 Å². The van der Waals surface area contributed by atoms with Crippen LogP contribution in [0, 0.1) is 17.8 Å². The van der Waals surface area contributed by atoms with Crippen LogP contribution >= 0.6 is 11.3 Å². The van der Waals surface area contributed by atoms with E-state index in [2.05, 4.69) is 26.1 Å². The average molecular weight is 426 g/mol. The van der Waals surface area contributed by atoms with Crippen molar-refractivity contribution in [3.05, 3.63) is 35.3 Å². The number of amides is 3. The quantitative estimate of drug-likeness (QED) is 0.648. The minimum Gasteiger partial charge on any atom is -0.337 e. The third-order valence-corrected chi connectivity index (χ3v) is 7.92. The standard InChI is InChI=1S/C22H27N5O2S/c28-18(6-7-23-20(29)24-17-4-2-1-3-5-17)25-21-27-26-19(30-21)22-11-14-8-15(12-22)10-16(9-14)13-22/h1-5,14-16H,6-13H2,(H2,23,24,29)(H,25,27,28). The van der Waals surface area contributed by atoms with Gasteiger partial charge in [0.2, 0.25) is 11.0 Å². The SMILES string of the molecule is O=C(CCNC(=O)Nc1ccccc1)Nc1nnc(C23CC4CC(CC(C4)C2)C3)s1. The molecule has 8 heteroatoms. The maximum absolute atomic E-state index is 12.3. The Hall–Kier alpha value is -2.48. The Morgan fingerprint density at radius 3 is 2.30 bits per heavy atom. The van der Waals surface area contributed by atoms with Crippen LogP contribution in [0.4, 0.5) is 15.6 Å². The predicted octanol–water partition coefficient (Wildman–Crippen LogP) is 4.16. The van der Waals surface area contributed by atoms with E-state index in [-0.39, 0.29) is 30.3 Å². The van der Waals surface area contributed by atoms with Gasteiger partial charge >= 0.3 is 6.03 Å². The Morgan fingerprint density at radius 1 is 0.967 bits per heavy atom. The Labute approximate surface area is 180 Å². The summed E-state index contributed by atoms with van der Waals surface area (Å²) in [5, 5.41) is 18.7. The zero-order chi connectivity index (χ0) is 20.6. The molecule has 4 aliphatic rings. The van der Waals surface area contributed by atoms with Crippen molar-refractivity contribution in [2.75, 3.05) is 17.2 Å². The van der Waals surface area contributed by atoms with Crippen molar-refractivity contribution < 1.29 is 9.59 Å². The number of anilines is 2. The third-order valence-electron chi connectivity index (χ3n) is 6.83. The van der Waals surface area contributed by atoms with Gasteiger partial charge in [0, 0.05) is 24.1 Å². The fraction of sp³-hybridized carbons (Fsp3) is 0.545. The maximum atomic E-state index is 12.3. The lowest BCUT2D eigenvalue weighted by Gasteiger charge is -2.55. The van der Waals surface area contributed by atoms with Gasteiger partial charge in [-0.1, -0.05) is 29.5 Å². The van der Waals surface area contributed by atoms with Gasteiger partial charge in [0.25, 0.3) is 0 Å². The van der Waals surface area contributed by atoms with Gasteiger partial charge < -0.3 is 16.0 Å². The van der Waals surface area contributed by atoms with Gasteiger partial charge in [0.1, 0.15) is 5.01 Å². The van der Waals surface area contributed by atoms with E-state index in [1.807, 2.05) is 30.3 Å². The second-order valence-electron chi connectivity index (χ2n) is 9.16. The van der Waals surface area contributed by atoms with Crippen LogP contribution in [0.25, 0.3) is 0 Å². The highest BCUT2D eigenvalue weighted by Crippen LogP contribution is 2.61. The van der Waals surface area contributed by atoms with Crippen molar-refractivity contribution >= 4 is 34.1 Å². The van der Waals surface area contributed by atoms with Gasteiger partial charge in [-0.2, -0.15) is 0 Å². The minimum atomic E-state index is -0.325. The molecule has 158 valence electrons. The number of hydrogen-bond donors (Lipinski definition) is 3. The Morgan fingerprint density at radius 2 is 1.63 bits per heavy atom. The number of para-hydroxylation sites is 1. The average Bonchev–Trinajstić information content (AvgIpc) is 3.17. The summed E-state index contributed by atoms with van der Waals surface area (Å²) >= 11 is 1.54. The first-order valence-corrected chi connectivity index (χ1v) is 11.6. The van der Waals surface area contributed by atoms with Crippen molar-refractivity contribution in [3.63, 3.8) is 0 Å². The summed E-state index contributed by atoms with van der Waals surface area (Å²) in [4.78, 5) is 24.2. The van der Waals surface area contributed by atoms with Crippen molar-refractivity contribution in [1.29, 1.82) is 0 Å². The molecule has 1 aromatic carbocycles. The van der Waals surface area contributed by atoms with Crippen LogP contribution in [0.5, 0.6) is 0 Å². The van der Waals surface area contributed by atoms with Crippen LogP contribution in [-0.2, 0) is 10.2 Å². The van der Waals surface area contributed by atoms with Crippen LogP contribution in [0.1, 0.15) is 50.0 Å². The van der Waals surface area contributed by atoms with Crippen LogP contribution in [-0.4, -0.2) is 28.7 Å². The molecule has 3 amide bonds. The summed E-state index contributed by atoms with van der Waals surface area (Å²) in [6.45, 7) is 0.255. The molecular formula is C22H27N5O2S. The molecule has 30 heavy (non-hydrogen) atoms. The van der Waals surface area contributed by atoms with E-state index in [4.69, 9.17) is 0 Å². The molecule has 0 saturated heterocycles. The lowest BCUT2D eigenvalue weighted by Crippen LogP contribution is -2.48. The smallest absolute Gasteiger partial charge is 0.319 e. The molecule has 4 saturated carbocycles. The summed E-state index contributed by atoms with van der Waals surface area (Å²) in [6, 6.07) is 8.88. The number of carbonyl (C=O) groups is 2. The number of aromatic nitrogens is 2. The Kier molecular flexibility index (Phi) is 5.18. The van der Waals surface area contributed by atoms with Crippen molar-refractivity contribution in [2.45, 2.75) is 50.4 Å². The van der Waals surface area contributed by atoms with E-state index in [1.54, 1.807) is 0 Å². The van der Waals surface area contributed by atoms with Crippen molar-refractivity contribution in [3.8, 4) is 0 Å². The fourth-order valence-electron chi connectivity index (χ4n) is 6.03. The molecule has 7 nitrogen and oxygen atoms in total. The number of nitrogens with zero attached hydrogens (tertiary/aromatic N) is 2. The van der Waals surface area contributed by atoms with E-state index in [1.165, 1.54) is 49.9 Å². The van der Waals surface area contributed by atoms with E-state index in [0.29, 0.717) is 10.8 Å². The maximum Gasteiger partial charge on any atom is 0.319 e. The Bertz CT molecular complexity index is 893. The monoisotopic (exact) mass is 425 g/mol. The fourth-order valence-corrected chi connectivity index (χ4v) is 7.01. The van der Waals surface area contributed by atoms with Crippen LogP contribution in [0.15, 0.2) is 30.3 Å². The number of nitrogens with one attached hydrogen (secondary N) is 3. The lowest BCUT2D eigenvalue weighted by molar-refractivity contribution is -0.116. The molecule has 0 unspecified atom stereocenters. The molecule has 3 N–H and O–H groups in total. The first-order valence-electron chi connectivity index (χ1n) is 10.8. The van der Waals surface area contributed by atoms with Gasteiger partial charge in [0.15, 0.2) is 0 Å². The highest BCUT2D eigenvalue weighted by atomic mass is 32.1. The van der Waals surface area contributed by atoms with Gasteiger partial charge in [-0.15, -0.1) is 10.2 Å². The number of hydrogen-bond acceptors (Lipinski definition) is 5. The van der Waals surface area contributed by atoms with Crippen LogP contribution in [0.3, 0.4) is 0 Å². The highest BCUT2D eigenvalue weighted by Gasteiger charge is 2.53. The van der Waals surface area contributed by atoms with Crippen molar-refractivity contribution in [1.82, 2.24) is 15.5 Å². The molecule has 4 fully saturated rings. The predicted molar refractivity (Wildman–Crippen MR) is 116 cm³/mol. The lowest BCUT2D eigenvalue weighted by atomic mass is 9.50. The zero-order valence-electron chi connectivity index (χ0n) is 16.9. The van der Waals surface area contributed by atoms with E-state index in [9.17, 15) is 9.59 Å².